The third-order valence-corrected chi connectivity index (χ3v) is 6.67. The summed E-state index contributed by atoms with van der Waals surface area (Å²) in [6, 6.07) is 16.1. The molecule has 0 aliphatic heterocycles. The molecule has 1 saturated carbocycles. The Morgan fingerprint density at radius 1 is 0.828 bits per heavy atom. The zero-order valence-corrected chi connectivity index (χ0v) is 17.3. The van der Waals surface area contributed by atoms with Crippen LogP contribution in [0.15, 0.2) is 54.6 Å². The van der Waals surface area contributed by atoms with Crippen LogP contribution in [0.25, 0.3) is 21.9 Å². The molecule has 3 aromatic carbocycles. The Kier molecular flexibility index (Phi) is 6.28. The molecule has 0 N–H and O–H groups in total. The van der Waals surface area contributed by atoms with Gasteiger partial charge in [-0.1, -0.05) is 75.1 Å². The average Bonchev–Trinajstić information content (AvgIpc) is 2.75. The Labute approximate surface area is 173 Å². The van der Waals surface area contributed by atoms with Gasteiger partial charge < -0.3 is 0 Å². The number of rotatable bonds is 6. The number of halogens is 2. The lowest BCUT2D eigenvalue weighted by molar-refractivity contribution is 0.303. The third kappa shape index (κ3) is 4.52. The molecule has 4 rings (SSSR count). The lowest BCUT2D eigenvalue weighted by Gasteiger charge is -2.29. The van der Waals surface area contributed by atoms with Crippen molar-refractivity contribution in [2.75, 3.05) is 0 Å². The highest BCUT2D eigenvalue weighted by Crippen LogP contribution is 2.39. The standard InChI is InChI=1S/C27H30F2/c1-2-3-4-5-19-6-8-20(9-7-19)22-12-16-26-23(18-22)13-17-25(27(26)29)21-10-14-24(28)15-11-21/h10-20H,2-9H2,1H3. The minimum absolute atomic E-state index is 0.222. The maximum absolute atomic E-state index is 15.1. The Bertz CT molecular complexity index is 950. The van der Waals surface area contributed by atoms with Crippen molar-refractivity contribution in [1.82, 2.24) is 0 Å². The Hall–Kier alpha value is -2.22. The van der Waals surface area contributed by atoms with Gasteiger partial charge in [0.25, 0.3) is 0 Å². The molecular weight excluding hydrogens is 362 g/mol. The summed E-state index contributed by atoms with van der Waals surface area (Å²) in [5.74, 6) is 0.968. The largest absolute Gasteiger partial charge is 0.207 e. The lowest BCUT2D eigenvalue weighted by atomic mass is 9.76. The summed E-state index contributed by atoms with van der Waals surface area (Å²) >= 11 is 0. The second-order valence-corrected chi connectivity index (χ2v) is 8.63. The van der Waals surface area contributed by atoms with Gasteiger partial charge in [0.15, 0.2) is 0 Å². The third-order valence-electron chi connectivity index (χ3n) is 6.67. The molecule has 0 nitrogen and oxygen atoms in total. The summed E-state index contributed by atoms with van der Waals surface area (Å²) in [5.41, 5.74) is 2.58. The fourth-order valence-corrected chi connectivity index (χ4v) is 4.88. The van der Waals surface area contributed by atoms with Gasteiger partial charge in [0.2, 0.25) is 0 Å². The molecule has 0 spiro atoms. The van der Waals surface area contributed by atoms with Gasteiger partial charge in [-0.3, -0.25) is 0 Å². The molecule has 0 saturated heterocycles. The molecule has 1 fully saturated rings. The number of hydrogen-bond donors (Lipinski definition) is 0. The predicted octanol–water partition coefficient (Wildman–Crippen LogP) is 8.64. The SMILES string of the molecule is CCCCCC1CCC(c2ccc3c(F)c(-c4ccc(F)cc4)ccc3c2)CC1. The number of benzene rings is 3. The van der Waals surface area contributed by atoms with E-state index in [1.54, 1.807) is 12.1 Å². The summed E-state index contributed by atoms with van der Waals surface area (Å²) in [6.07, 6.45) is 10.6. The molecule has 1 aliphatic rings. The minimum atomic E-state index is -0.306. The fourth-order valence-electron chi connectivity index (χ4n) is 4.88. The van der Waals surface area contributed by atoms with Crippen LogP contribution in [0.3, 0.4) is 0 Å². The molecule has 0 atom stereocenters. The van der Waals surface area contributed by atoms with E-state index in [1.807, 2.05) is 18.2 Å². The first-order chi connectivity index (χ1) is 14.2. The average molecular weight is 393 g/mol. The molecule has 0 amide bonds. The minimum Gasteiger partial charge on any atom is -0.207 e. The number of unbranched alkanes of at least 4 members (excludes halogenated alkanes) is 2. The van der Waals surface area contributed by atoms with Gasteiger partial charge >= 0.3 is 0 Å². The van der Waals surface area contributed by atoms with Crippen LogP contribution in [0, 0.1) is 17.6 Å². The smallest absolute Gasteiger partial charge is 0.138 e. The summed E-state index contributed by atoms with van der Waals surface area (Å²) in [7, 11) is 0. The van der Waals surface area contributed by atoms with Crippen LogP contribution in [-0.2, 0) is 0 Å². The normalized spacial score (nSPS) is 19.6. The quantitative estimate of drug-likeness (QED) is 0.368. The van der Waals surface area contributed by atoms with E-state index in [0.717, 1.165) is 11.3 Å². The summed E-state index contributed by atoms with van der Waals surface area (Å²) < 4.78 is 28.3. The maximum atomic E-state index is 15.1. The molecule has 0 heterocycles. The van der Waals surface area contributed by atoms with E-state index in [-0.39, 0.29) is 11.6 Å². The van der Waals surface area contributed by atoms with Crippen LogP contribution in [0.2, 0.25) is 0 Å². The van der Waals surface area contributed by atoms with E-state index >= 15 is 4.39 Å². The maximum Gasteiger partial charge on any atom is 0.138 e. The molecule has 29 heavy (non-hydrogen) atoms. The van der Waals surface area contributed by atoms with E-state index in [0.29, 0.717) is 22.4 Å². The van der Waals surface area contributed by atoms with Crippen molar-refractivity contribution in [3.63, 3.8) is 0 Å². The first-order valence-corrected chi connectivity index (χ1v) is 11.1. The highest BCUT2D eigenvalue weighted by Gasteiger charge is 2.22. The summed E-state index contributed by atoms with van der Waals surface area (Å²) in [6.45, 7) is 2.27. The fraction of sp³-hybridized carbons (Fsp3) is 0.407. The second kappa shape index (κ2) is 9.07. The van der Waals surface area contributed by atoms with E-state index in [2.05, 4.69) is 19.1 Å². The van der Waals surface area contributed by atoms with Gasteiger partial charge in [-0.25, -0.2) is 8.78 Å². The summed E-state index contributed by atoms with van der Waals surface area (Å²) in [5, 5.41) is 1.60. The molecule has 0 unspecified atom stereocenters. The van der Waals surface area contributed by atoms with E-state index in [1.165, 1.54) is 69.1 Å². The van der Waals surface area contributed by atoms with Gasteiger partial charge in [-0.05, 0) is 66.2 Å². The highest BCUT2D eigenvalue weighted by atomic mass is 19.1. The number of hydrogen-bond acceptors (Lipinski definition) is 0. The van der Waals surface area contributed by atoms with Crippen molar-refractivity contribution < 1.29 is 8.78 Å². The van der Waals surface area contributed by atoms with Crippen molar-refractivity contribution in [1.29, 1.82) is 0 Å². The Balaban J connectivity index is 1.50. The molecule has 1 aliphatic carbocycles. The van der Waals surface area contributed by atoms with Crippen LogP contribution in [0.1, 0.15) is 69.8 Å². The van der Waals surface area contributed by atoms with E-state index < -0.39 is 0 Å². The van der Waals surface area contributed by atoms with Crippen molar-refractivity contribution in [2.45, 2.75) is 64.2 Å². The van der Waals surface area contributed by atoms with Crippen molar-refractivity contribution in [3.05, 3.63) is 71.8 Å². The predicted molar refractivity (Wildman–Crippen MR) is 118 cm³/mol. The Morgan fingerprint density at radius 3 is 2.31 bits per heavy atom. The first kappa shape index (κ1) is 20.1. The Morgan fingerprint density at radius 2 is 1.59 bits per heavy atom. The van der Waals surface area contributed by atoms with Crippen LogP contribution >= 0.6 is 0 Å². The number of fused-ring (bicyclic) bond motifs is 1. The van der Waals surface area contributed by atoms with Gasteiger partial charge in [-0.15, -0.1) is 0 Å². The van der Waals surface area contributed by atoms with Crippen molar-refractivity contribution in [2.24, 2.45) is 5.92 Å². The van der Waals surface area contributed by atoms with Gasteiger partial charge in [-0.2, -0.15) is 0 Å². The summed E-state index contributed by atoms with van der Waals surface area (Å²) in [4.78, 5) is 0. The van der Waals surface area contributed by atoms with Crippen LogP contribution in [0.5, 0.6) is 0 Å². The second-order valence-electron chi connectivity index (χ2n) is 8.63. The van der Waals surface area contributed by atoms with Crippen molar-refractivity contribution >= 4 is 10.8 Å². The van der Waals surface area contributed by atoms with Crippen LogP contribution in [-0.4, -0.2) is 0 Å². The van der Waals surface area contributed by atoms with Crippen molar-refractivity contribution in [3.8, 4) is 11.1 Å². The molecule has 0 radical (unpaired) electrons. The molecular formula is C27H30F2. The lowest BCUT2D eigenvalue weighted by Crippen LogP contribution is -2.13. The molecule has 3 aromatic rings. The molecule has 0 aromatic heterocycles. The van der Waals surface area contributed by atoms with Crippen LogP contribution < -0.4 is 0 Å². The van der Waals surface area contributed by atoms with Gasteiger partial charge in [0.05, 0.1) is 0 Å². The zero-order chi connectivity index (χ0) is 20.2. The monoisotopic (exact) mass is 392 g/mol. The van der Waals surface area contributed by atoms with Gasteiger partial charge in [0, 0.05) is 10.9 Å². The zero-order valence-electron chi connectivity index (χ0n) is 17.3. The highest BCUT2D eigenvalue weighted by molar-refractivity contribution is 5.88. The van der Waals surface area contributed by atoms with E-state index in [4.69, 9.17) is 0 Å². The van der Waals surface area contributed by atoms with E-state index in [9.17, 15) is 4.39 Å². The van der Waals surface area contributed by atoms with Crippen LogP contribution in [0.4, 0.5) is 8.78 Å². The molecule has 0 bridgehead atoms. The molecule has 152 valence electrons. The first-order valence-electron chi connectivity index (χ1n) is 11.1. The molecule has 2 heteroatoms. The van der Waals surface area contributed by atoms with Gasteiger partial charge in [0.1, 0.15) is 11.6 Å². The topological polar surface area (TPSA) is 0 Å².